The van der Waals surface area contributed by atoms with E-state index in [1.807, 2.05) is 21.1 Å². The molecule has 0 aliphatic carbocycles. The van der Waals surface area contributed by atoms with Crippen LogP contribution in [0.15, 0.2) is 146 Å². The van der Waals surface area contributed by atoms with E-state index in [-0.39, 0.29) is 26.1 Å². The van der Waals surface area contributed by atoms with E-state index in [1.54, 1.807) is 0 Å². The van der Waals surface area contributed by atoms with Crippen molar-refractivity contribution >= 4 is 19.8 Å². The summed E-state index contributed by atoms with van der Waals surface area (Å²) in [5.41, 5.74) is 0. The van der Waals surface area contributed by atoms with Gasteiger partial charge in [-0.2, -0.15) is 0 Å². The van der Waals surface area contributed by atoms with Crippen molar-refractivity contribution in [2.45, 2.75) is 225 Å². The molecule has 9 nitrogen and oxygen atoms in total. The zero-order chi connectivity index (χ0) is 57.0. The van der Waals surface area contributed by atoms with Gasteiger partial charge in [-0.25, -0.2) is 0 Å². The first kappa shape index (κ1) is 73.9. The first-order valence-electron chi connectivity index (χ1n) is 30.5. The van der Waals surface area contributed by atoms with Crippen molar-refractivity contribution in [2.24, 2.45) is 0 Å². The number of phosphoric ester groups is 1. The molecule has 0 aromatic heterocycles. The van der Waals surface area contributed by atoms with Gasteiger partial charge in [0.2, 0.25) is 0 Å². The van der Waals surface area contributed by atoms with E-state index >= 15 is 0 Å². The number of allylic oxidation sites excluding steroid dienone is 24. The molecule has 2 atom stereocenters. The van der Waals surface area contributed by atoms with Gasteiger partial charge < -0.3 is 27.9 Å². The van der Waals surface area contributed by atoms with Crippen LogP contribution in [0, 0.1) is 0 Å². The summed E-state index contributed by atoms with van der Waals surface area (Å²) in [6.45, 7) is 3.96. The predicted molar refractivity (Wildman–Crippen MR) is 332 cm³/mol. The van der Waals surface area contributed by atoms with Crippen LogP contribution >= 0.6 is 7.82 Å². The van der Waals surface area contributed by atoms with E-state index in [9.17, 15) is 19.0 Å². The third kappa shape index (κ3) is 61.1. The summed E-state index contributed by atoms with van der Waals surface area (Å²) in [5.74, 6) is -0.874. The van der Waals surface area contributed by atoms with Crippen LogP contribution in [-0.2, 0) is 32.7 Å². The Kier molecular flexibility index (Phi) is 54.5. The van der Waals surface area contributed by atoms with Gasteiger partial charge in [-0.05, 0) is 116 Å². The fourth-order valence-electron chi connectivity index (χ4n) is 7.72. The lowest BCUT2D eigenvalue weighted by molar-refractivity contribution is -0.870. The molecule has 0 spiro atoms. The van der Waals surface area contributed by atoms with Crippen LogP contribution in [0.1, 0.15) is 219 Å². The van der Waals surface area contributed by atoms with E-state index in [0.717, 1.165) is 122 Å². The van der Waals surface area contributed by atoms with Crippen LogP contribution < -0.4 is 4.89 Å². The topological polar surface area (TPSA) is 111 Å². The van der Waals surface area contributed by atoms with Gasteiger partial charge in [-0.3, -0.25) is 14.2 Å². The predicted octanol–water partition coefficient (Wildman–Crippen LogP) is 18.8. The normalized spacial score (nSPS) is 14.3. The van der Waals surface area contributed by atoms with Crippen molar-refractivity contribution in [1.82, 2.24) is 0 Å². The van der Waals surface area contributed by atoms with Crippen molar-refractivity contribution < 1.29 is 42.1 Å². The van der Waals surface area contributed by atoms with Gasteiger partial charge in [-0.15, -0.1) is 0 Å². The fourth-order valence-corrected chi connectivity index (χ4v) is 8.45. The molecule has 10 heteroatoms. The Labute approximate surface area is 478 Å². The number of ether oxygens (including phenoxy) is 2. The fraction of sp³-hybridized carbons (Fsp3) is 0.618. The number of phosphoric acid groups is 1. The molecular weight excluding hydrogens is 990 g/mol. The molecule has 0 radical (unpaired) electrons. The number of likely N-dealkylation sites (N-methyl/N-ethyl adjacent to an activating group) is 1. The molecule has 0 fully saturated rings. The Morgan fingerprint density at radius 1 is 0.397 bits per heavy atom. The standard InChI is InChI=1S/C68H112NO8P/c1-6-8-10-12-14-16-18-20-22-24-26-28-30-31-32-33-34-35-36-37-39-41-43-45-47-49-51-53-55-57-59-61-68(71)77-66(65-76-78(72,73)75-63-62-69(3,4)5)64-74-67(70)60-58-56-54-52-50-48-46-44-42-40-38-29-27-25-23-21-19-17-15-13-11-9-7-2/h8-11,14-17,20-23,26-29,31-32,34-35,40,42,46,48,66H,6-7,12-13,18-19,24-25,30,33,36-39,41,43-45,47,49-65H2,1-5H3/b10-8-,11-9-,16-14-,17-15-,22-20-,23-21-,28-26-,29-27-,32-31-,35-34-,42-40-,48-46-. The number of nitrogens with zero attached hydrogens (tertiary/aromatic N) is 1. The molecule has 0 aliphatic heterocycles. The molecule has 78 heavy (non-hydrogen) atoms. The molecule has 0 heterocycles. The number of quaternary nitrogens is 1. The van der Waals surface area contributed by atoms with Gasteiger partial charge in [0.05, 0.1) is 27.7 Å². The molecule has 0 aliphatic rings. The van der Waals surface area contributed by atoms with Crippen LogP contribution in [0.2, 0.25) is 0 Å². The Balaban J connectivity index is 4.21. The van der Waals surface area contributed by atoms with Gasteiger partial charge in [-0.1, -0.05) is 237 Å². The lowest BCUT2D eigenvalue weighted by Gasteiger charge is -2.28. The number of unbranched alkanes of at least 4 members (excludes halogenated alkanes) is 16. The van der Waals surface area contributed by atoms with E-state index in [4.69, 9.17) is 18.5 Å². The summed E-state index contributed by atoms with van der Waals surface area (Å²) in [7, 11) is 1.13. The summed E-state index contributed by atoms with van der Waals surface area (Å²) in [6.07, 6.45) is 84.6. The van der Waals surface area contributed by atoms with Crippen molar-refractivity contribution in [1.29, 1.82) is 0 Å². The van der Waals surface area contributed by atoms with Crippen LogP contribution in [0.3, 0.4) is 0 Å². The molecule has 0 rings (SSSR count). The Morgan fingerprint density at radius 3 is 1.03 bits per heavy atom. The second kappa shape index (κ2) is 57.6. The number of rotatable bonds is 54. The summed E-state index contributed by atoms with van der Waals surface area (Å²) < 4.78 is 34.2. The third-order valence-electron chi connectivity index (χ3n) is 12.4. The minimum absolute atomic E-state index is 0.0437. The molecule has 0 saturated heterocycles. The first-order valence-corrected chi connectivity index (χ1v) is 32.0. The maximum absolute atomic E-state index is 12.8. The van der Waals surface area contributed by atoms with Gasteiger partial charge in [0.25, 0.3) is 7.82 Å². The maximum Gasteiger partial charge on any atom is 0.306 e. The Hall–Kier alpha value is -4.11. The number of hydrogen-bond donors (Lipinski definition) is 0. The Morgan fingerprint density at radius 2 is 0.692 bits per heavy atom. The second-order valence-electron chi connectivity index (χ2n) is 20.9. The quantitative estimate of drug-likeness (QED) is 0.0195. The van der Waals surface area contributed by atoms with Gasteiger partial charge in [0.15, 0.2) is 6.10 Å². The zero-order valence-electron chi connectivity index (χ0n) is 50.1. The largest absolute Gasteiger partial charge is 0.756 e. The first-order chi connectivity index (χ1) is 38.0. The van der Waals surface area contributed by atoms with Gasteiger partial charge >= 0.3 is 11.9 Å². The molecule has 2 unspecified atom stereocenters. The number of carbonyl (C=O) groups excluding carboxylic acids is 2. The highest BCUT2D eigenvalue weighted by molar-refractivity contribution is 7.45. The van der Waals surface area contributed by atoms with Crippen molar-refractivity contribution in [3.05, 3.63) is 146 Å². The van der Waals surface area contributed by atoms with E-state index in [0.29, 0.717) is 23.9 Å². The minimum atomic E-state index is -4.66. The Bertz CT molecular complexity index is 1820. The summed E-state index contributed by atoms with van der Waals surface area (Å²) in [4.78, 5) is 37.9. The average molecular weight is 1100 g/mol. The van der Waals surface area contributed by atoms with Crippen LogP contribution in [0.25, 0.3) is 0 Å². The van der Waals surface area contributed by atoms with E-state index in [1.165, 1.54) is 57.8 Å². The van der Waals surface area contributed by atoms with E-state index < -0.39 is 32.5 Å². The lowest BCUT2D eigenvalue weighted by atomic mass is 10.0. The molecule has 0 bridgehead atoms. The molecule has 0 N–H and O–H groups in total. The third-order valence-corrected chi connectivity index (χ3v) is 13.3. The SMILES string of the molecule is CC/C=C\C/C=C\C/C=C\C/C=C\C/C=C\C/C=C\CCCCCCCCCCCCCCC(=O)OC(COC(=O)CCCCCC/C=C\C/C=C\C/C=C\C/C=C\C/C=C\C/C=C\CC)COP(=O)([O-])OCC[N+](C)(C)C. The van der Waals surface area contributed by atoms with Crippen molar-refractivity contribution in [2.75, 3.05) is 47.5 Å². The molecule has 442 valence electrons. The van der Waals surface area contributed by atoms with Gasteiger partial charge in [0.1, 0.15) is 19.8 Å². The molecule has 0 aromatic rings. The highest BCUT2D eigenvalue weighted by atomic mass is 31.2. The zero-order valence-corrected chi connectivity index (χ0v) is 50.9. The van der Waals surface area contributed by atoms with Crippen molar-refractivity contribution in [3.63, 3.8) is 0 Å². The monoisotopic (exact) mass is 1100 g/mol. The molecular formula is C68H112NO8P. The number of hydrogen-bond acceptors (Lipinski definition) is 8. The van der Waals surface area contributed by atoms with Crippen LogP contribution in [0.5, 0.6) is 0 Å². The minimum Gasteiger partial charge on any atom is -0.756 e. The second-order valence-corrected chi connectivity index (χ2v) is 22.4. The molecule has 0 amide bonds. The average Bonchev–Trinajstić information content (AvgIpc) is 3.40. The van der Waals surface area contributed by atoms with Crippen LogP contribution in [-0.4, -0.2) is 70.0 Å². The lowest BCUT2D eigenvalue weighted by Crippen LogP contribution is -2.37. The van der Waals surface area contributed by atoms with Crippen LogP contribution in [0.4, 0.5) is 0 Å². The number of esters is 2. The maximum atomic E-state index is 12.8. The van der Waals surface area contributed by atoms with Gasteiger partial charge in [0, 0.05) is 12.8 Å². The highest BCUT2D eigenvalue weighted by Gasteiger charge is 2.21. The highest BCUT2D eigenvalue weighted by Crippen LogP contribution is 2.38. The smallest absolute Gasteiger partial charge is 0.306 e. The molecule has 0 saturated carbocycles. The summed E-state index contributed by atoms with van der Waals surface area (Å²) in [5, 5.41) is 0. The summed E-state index contributed by atoms with van der Waals surface area (Å²) >= 11 is 0. The summed E-state index contributed by atoms with van der Waals surface area (Å²) in [6, 6.07) is 0. The van der Waals surface area contributed by atoms with Crippen molar-refractivity contribution in [3.8, 4) is 0 Å². The van der Waals surface area contributed by atoms with E-state index in [2.05, 4.69) is 160 Å². The number of carbonyl (C=O) groups is 2. The molecule has 0 aromatic carbocycles.